The quantitative estimate of drug-likeness (QED) is 0.390. The highest BCUT2D eigenvalue weighted by molar-refractivity contribution is 7.17. The molecule has 0 fully saturated rings. The van der Waals surface area contributed by atoms with Gasteiger partial charge in [0.05, 0.1) is 6.20 Å². The Morgan fingerprint density at radius 1 is 0.900 bits per heavy atom. The lowest BCUT2D eigenvalue weighted by atomic mass is 10.1. The summed E-state index contributed by atoms with van der Waals surface area (Å²) in [6.45, 7) is 1.52. The molecule has 4 aromatic rings. The summed E-state index contributed by atoms with van der Waals surface area (Å²) in [5, 5.41) is 3.56. The molecular weight excluding hydrogens is 396 g/mol. The number of carbonyl (C=O) groups is 2. The number of amides is 1. The van der Waals surface area contributed by atoms with Gasteiger partial charge in [-0.15, -0.1) is 11.3 Å². The SMILES string of the molecule is CC(=O)c1cccc(-c2ncc(C(=O)Nc3ccc(Oc4ccccc4)cc3)s2)c1. The highest BCUT2D eigenvalue weighted by Crippen LogP contribution is 2.27. The second kappa shape index (κ2) is 8.71. The lowest BCUT2D eigenvalue weighted by molar-refractivity contribution is 0.101. The highest BCUT2D eigenvalue weighted by Gasteiger charge is 2.13. The topological polar surface area (TPSA) is 68.3 Å². The Hall–Kier alpha value is -3.77. The number of hydrogen-bond acceptors (Lipinski definition) is 5. The summed E-state index contributed by atoms with van der Waals surface area (Å²) in [5.41, 5.74) is 2.09. The first kappa shape index (κ1) is 19.5. The zero-order chi connectivity index (χ0) is 20.9. The molecule has 0 unspecified atom stereocenters. The van der Waals surface area contributed by atoms with Crippen molar-refractivity contribution >= 4 is 28.7 Å². The minimum atomic E-state index is -0.238. The molecule has 0 saturated heterocycles. The first-order valence-electron chi connectivity index (χ1n) is 9.30. The monoisotopic (exact) mass is 414 g/mol. The van der Waals surface area contributed by atoms with Crippen LogP contribution in [0.25, 0.3) is 10.6 Å². The van der Waals surface area contributed by atoms with Crippen LogP contribution in [0.2, 0.25) is 0 Å². The molecule has 30 heavy (non-hydrogen) atoms. The van der Waals surface area contributed by atoms with Gasteiger partial charge in [-0.1, -0.05) is 36.4 Å². The summed E-state index contributed by atoms with van der Waals surface area (Å²) in [5.74, 6) is 1.19. The molecule has 1 aromatic heterocycles. The number of hydrogen-bond donors (Lipinski definition) is 1. The molecule has 1 heterocycles. The molecule has 0 saturated carbocycles. The molecule has 4 rings (SSSR count). The molecule has 3 aromatic carbocycles. The molecule has 0 radical (unpaired) electrons. The van der Waals surface area contributed by atoms with E-state index in [9.17, 15) is 9.59 Å². The smallest absolute Gasteiger partial charge is 0.267 e. The van der Waals surface area contributed by atoms with Crippen LogP contribution in [0.4, 0.5) is 5.69 Å². The summed E-state index contributed by atoms with van der Waals surface area (Å²) in [6, 6.07) is 23.9. The number of aromatic nitrogens is 1. The van der Waals surface area contributed by atoms with Crippen LogP contribution in [0.1, 0.15) is 27.0 Å². The Balaban J connectivity index is 1.43. The number of ketones is 1. The van der Waals surface area contributed by atoms with Crippen molar-refractivity contribution in [2.45, 2.75) is 6.92 Å². The minimum Gasteiger partial charge on any atom is -0.457 e. The fraction of sp³-hybridized carbons (Fsp3) is 0.0417. The molecule has 0 bridgehead atoms. The van der Waals surface area contributed by atoms with Crippen molar-refractivity contribution in [3.8, 4) is 22.1 Å². The summed E-state index contributed by atoms with van der Waals surface area (Å²) in [7, 11) is 0. The molecule has 0 spiro atoms. The van der Waals surface area contributed by atoms with Crippen molar-refractivity contribution in [2.24, 2.45) is 0 Å². The molecule has 0 aliphatic heterocycles. The van der Waals surface area contributed by atoms with Crippen molar-refractivity contribution in [2.75, 3.05) is 5.32 Å². The second-order valence-corrected chi connectivity index (χ2v) is 7.59. The molecule has 0 aliphatic rings. The van der Waals surface area contributed by atoms with E-state index in [1.807, 2.05) is 42.5 Å². The fourth-order valence-electron chi connectivity index (χ4n) is 2.81. The van der Waals surface area contributed by atoms with E-state index < -0.39 is 0 Å². The van der Waals surface area contributed by atoms with E-state index >= 15 is 0 Å². The first-order chi connectivity index (χ1) is 14.6. The van der Waals surface area contributed by atoms with Gasteiger partial charge in [0.2, 0.25) is 0 Å². The van der Waals surface area contributed by atoms with E-state index in [-0.39, 0.29) is 11.7 Å². The van der Waals surface area contributed by atoms with Gasteiger partial charge in [-0.25, -0.2) is 4.98 Å². The zero-order valence-electron chi connectivity index (χ0n) is 16.2. The number of carbonyl (C=O) groups excluding carboxylic acids is 2. The summed E-state index contributed by atoms with van der Waals surface area (Å²) in [4.78, 5) is 29.0. The average molecular weight is 414 g/mol. The van der Waals surface area contributed by atoms with Crippen molar-refractivity contribution in [1.82, 2.24) is 4.98 Å². The third-order valence-corrected chi connectivity index (χ3v) is 5.38. The molecule has 5 nitrogen and oxygen atoms in total. The number of nitrogens with one attached hydrogen (secondary N) is 1. The van der Waals surface area contributed by atoms with Crippen LogP contribution in [0.5, 0.6) is 11.5 Å². The van der Waals surface area contributed by atoms with Crippen LogP contribution in [-0.4, -0.2) is 16.7 Å². The van der Waals surface area contributed by atoms with Crippen LogP contribution in [-0.2, 0) is 0 Å². The summed E-state index contributed by atoms with van der Waals surface area (Å²) < 4.78 is 5.76. The summed E-state index contributed by atoms with van der Waals surface area (Å²) >= 11 is 1.28. The van der Waals surface area contributed by atoms with Crippen LogP contribution < -0.4 is 10.1 Å². The number of para-hydroxylation sites is 1. The second-order valence-electron chi connectivity index (χ2n) is 6.56. The van der Waals surface area contributed by atoms with Crippen LogP contribution in [0.15, 0.2) is 85.1 Å². The predicted molar refractivity (Wildman–Crippen MR) is 118 cm³/mol. The van der Waals surface area contributed by atoms with Gasteiger partial charge in [0, 0.05) is 16.8 Å². The fourth-order valence-corrected chi connectivity index (χ4v) is 3.62. The van der Waals surface area contributed by atoms with Crippen molar-refractivity contribution < 1.29 is 14.3 Å². The Morgan fingerprint density at radius 3 is 2.37 bits per heavy atom. The van der Waals surface area contributed by atoms with Crippen LogP contribution >= 0.6 is 11.3 Å². The standard InChI is InChI=1S/C24H18N2O3S/c1-16(27)17-6-5-7-18(14-17)24-25-15-22(30-24)23(28)26-19-10-12-21(13-11-19)29-20-8-3-2-4-9-20/h2-15H,1H3,(H,26,28). The van der Waals surface area contributed by atoms with E-state index in [0.29, 0.717) is 26.9 Å². The number of benzene rings is 3. The van der Waals surface area contributed by atoms with Crippen molar-refractivity contribution in [3.05, 3.63) is 95.5 Å². The molecule has 1 amide bonds. The molecule has 0 atom stereocenters. The van der Waals surface area contributed by atoms with E-state index in [1.54, 1.807) is 42.6 Å². The Bertz CT molecular complexity index is 1180. The van der Waals surface area contributed by atoms with E-state index in [1.165, 1.54) is 18.3 Å². The number of anilines is 1. The molecular formula is C24H18N2O3S. The Labute approximate surface area is 178 Å². The third kappa shape index (κ3) is 4.61. The third-order valence-electron chi connectivity index (χ3n) is 4.34. The predicted octanol–water partition coefficient (Wildman–Crippen LogP) is 6.06. The number of rotatable bonds is 6. The maximum Gasteiger partial charge on any atom is 0.267 e. The number of ether oxygens (including phenoxy) is 1. The van der Waals surface area contributed by atoms with Gasteiger partial charge >= 0.3 is 0 Å². The lowest BCUT2D eigenvalue weighted by Crippen LogP contribution is -2.09. The van der Waals surface area contributed by atoms with E-state index in [4.69, 9.17) is 4.74 Å². The van der Waals surface area contributed by atoms with Crippen LogP contribution in [0, 0.1) is 0 Å². The Kier molecular flexibility index (Phi) is 5.68. The van der Waals surface area contributed by atoms with Gasteiger partial charge in [0.25, 0.3) is 5.91 Å². The molecule has 6 heteroatoms. The van der Waals surface area contributed by atoms with Gasteiger partial charge in [-0.3, -0.25) is 9.59 Å². The molecule has 0 aliphatic carbocycles. The Morgan fingerprint density at radius 2 is 1.63 bits per heavy atom. The maximum absolute atomic E-state index is 12.6. The largest absolute Gasteiger partial charge is 0.457 e. The molecule has 1 N–H and O–H groups in total. The van der Waals surface area contributed by atoms with Gasteiger partial charge in [0.1, 0.15) is 21.4 Å². The van der Waals surface area contributed by atoms with E-state index in [2.05, 4.69) is 10.3 Å². The number of Topliss-reactive ketones (excluding diaryl/α,β-unsaturated/α-hetero) is 1. The number of nitrogens with zero attached hydrogens (tertiary/aromatic N) is 1. The molecule has 148 valence electrons. The zero-order valence-corrected chi connectivity index (χ0v) is 17.0. The maximum atomic E-state index is 12.6. The van der Waals surface area contributed by atoms with Crippen LogP contribution in [0.3, 0.4) is 0 Å². The summed E-state index contributed by atoms with van der Waals surface area (Å²) in [6.07, 6.45) is 1.54. The van der Waals surface area contributed by atoms with Gasteiger partial charge in [0.15, 0.2) is 5.78 Å². The normalized spacial score (nSPS) is 10.4. The van der Waals surface area contributed by atoms with Gasteiger partial charge in [-0.2, -0.15) is 0 Å². The minimum absolute atomic E-state index is 0.00827. The van der Waals surface area contributed by atoms with E-state index in [0.717, 1.165) is 11.3 Å². The van der Waals surface area contributed by atoms with Crippen molar-refractivity contribution in [3.63, 3.8) is 0 Å². The lowest BCUT2D eigenvalue weighted by Gasteiger charge is -2.07. The van der Waals surface area contributed by atoms with Gasteiger partial charge < -0.3 is 10.1 Å². The van der Waals surface area contributed by atoms with Gasteiger partial charge in [-0.05, 0) is 49.4 Å². The van der Waals surface area contributed by atoms with Crippen molar-refractivity contribution in [1.29, 1.82) is 0 Å². The average Bonchev–Trinajstić information content (AvgIpc) is 3.26. The number of thiazole rings is 1. The highest BCUT2D eigenvalue weighted by atomic mass is 32.1. The first-order valence-corrected chi connectivity index (χ1v) is 10.1.